The van der Waals surface area contributed by atoms with Gasteiger partial charge in [0.25, 0.3) is 0 Å². The minimum Gasteiger partial charge on any atom is -0.369 e. The van der Waals surface area contributed by atoms with Crippen LogP contribution >= 0.6 is 11.6 Å². The summed E-state index contributed by atoms with van der Waals surface area (Å²) in [6, 6.07) is 1.73. The highest BCUT2D eigenvalue weighted by atomic mass is 35.5. The van der Waals surface area contributed by atoms with Gasteiger partial charge in [0.05, 0.1) is 0 Å². The van der Waals surface area contributed by atoms with Crippen LogP contribution in [0.4, 0.5) is 5.82 Å². The summed E-state index contributed by atoms with van der Waals surface area (Å²) in [5.74, 6) is 0.865. The summed E-state index contributed by atoms with van der Waals surface area (Å²) in [5, 5.41) is 3.28. The summed E-state index contributed by atoms with van der Waals surface area (Å²) in [6.07, 6.45) is 5.56. The summed E-state index contributed by atoms with van der Waals surface area (Å²) >= 11 is 5.67. The summed E-state index contributed by atoms with van der Waals surface area (Å²) in [4.78, 5) is 21.6. The van der Waals surface area contributed by atoms with E-state index in [1.54, 1.807) is 12.3 Å². The number of hydrogen-bond acceptors (Lipinski definition) is 4. The lowest BCUT2D eigenvalue weighted by Crippen LogP contribution is -2.36. The lowest BCUT2D eigenvalue weighted by molar-refractivity contribution is -0.131. The maximum absolute atomic E-state index is 11.9. The minimum absolute atomic E-state index is 0.211. The maximum Gasteiger partial charge on any atom is 0.224 e. The van der Waals surface area contributed by atoms with E-state index in [0.717, 1.165) is 25.9 Å². The number of nitrogens with one attached hydrogen (secondary N) is 1. The van der Waals surface area contributed by atoms with Gasteiger partial charge in [0, 0.05) is 32.3 Å². The van der Waals surface area contributed by atoms with Gasteiger partial charge < -0.3 is 10.2 Å². The van der Waals surface area contributed by atoms with Crippen molar-refractivity contribution in [3.8, 4) is 0 Å². The van der Waals surface area contributed by atoms with Crippen LogP contribution in [0.15, 0.2) is 12.3 Å². The first-order chi connectivity index (χ1) is 8.75. The maximum atomic E-state index is 11.9. The zero-order valence-electron chi connectivity index (χ0n) is 10.2. The third kappa shape index (κ3) is 3.84. The Morgan fingerprint density at radius 1 is 1.39 bits per heavy atom. The van der Waals surface area contributed by atoms with E-state index in [-0.39, 0.29) is 11.2 Å². The smallest absolute Gasteiger partial charge is 0.224 e. The van der Waals surface area contributed by atoms with Crippen molar-refractivity contribution < 1.29 is 4.79 Å². The molecule has 0 radical (unpaired) electrons. The van der Waals surface area contributed by atoms with Gasteiger partial charge in [0.2, 0.25) is 11.2 Å². The predicted octanol–water partition coefficient (Wildman–Crippen LogP) is 1.94. The van der Waals surface area contributed by atoms with E-state index < -0.39 is 0 Å². The van der Waals surface area contributed by atoms with Crippen molar-refractivity contribution >= 4 is 23.3 Å². The van der Waals surface area contributed by atoms with Crippen LogP contribution in [-0.4, -0.2) is 40.4 Å². The number of carbonyl (C=O) groups excluding carboxylic acids is 1. The molecule has 1 aliphatic rings. The fourth-order valence-corrected chi connectivity index (χ4v) is 2.18. The van der Waals surface area contributed by atoms with Gasteiger partial charge in [-0.05, 0) is 36.9 Å². The van der Waals surface area contributed by atoms with Crippen molar-refractivity contribution in [2.45, 2.75) is 25.7 Å². The molecular formula is C12H17ClN4O. The fourth-order valence-electron chi connectivity index (χ4n) is 2.03. The lowest BCUT2D eigenvalue weighted by Gasteiger charge is -2.26. The average Bonchev–Trinajstić information content (AvgIpc) is 2.40. The molecular weight excluding hydrogens is 252 g/mol. The molecule has 1 aromatic heterocycles. The molecule has 0 atom stereocenters. The van der Waals surface area contributed by atoms with Gasteiger partial charge in [-0.3, -0.25) is 4.79 Å². The van der Waals surface area contributed by atoms with Crippen LogP contribution in [-0.2, 0) is 4.79 Å². The van der Waals surface area contributed by atoms with E-state index in [1.807, 2.05) is 4.90 Å². The number of likely N-dealkylation sites (tertiary alicyclic amines) is 1. The van der Waals surface area contributed by atoms with Crippen LogP contribution in [0, 0.1) is 0 Å². The summed E-state index contributed by atoms with van der Waals surface area (Å²) < 4.78 is 0. The molecule has 0 aromatic carbocycles. The SMILES string of the molecule is O=C(CCNc1ccnc(Cl)n1)N1CCCCC1. The second-order valence-corrected chi connectivity index (χ2v) is 4.67. The van der Waals surface area contributed by atoms with Gasteiger partial charge in [0.1, 0.15) is 5.82 Å². The Balaban J connectivity index is 1.73. The summed E-state index contributed by atoms with van der Waals surface area (Å²) in [6.45, 7) is 2.37. The molecule has 98 valence electrons. The molecule has 2 heterocycles. The van der Waals surface area contributed by atoms with E-state index in [4.69, 9.17) is 11.6 Å². The number of piperidine rings is 1. The number of hydrogen-bond donors (Lipinski definition) is 1. The zero-order valence-corrected chi connectivity index (χ0v) is 11.0. The van der Waals surface area contributed by atoms with Crippen LogP contribution in [0.1, 0.15) is 25.7 Å². The van der Waals surface area contributed by atoms with Crippen LogP contribution in [0.2, 0.25) is 5.28 Å². The van der Waals surface area contributed by atoms with Crippen molar-refractivity contribution in [2.75, 3.05) is 25.0 Å². The van der Waals surface area contributed by atoms with Crippen molar-refractivity contribution in [1.82, 2.24) is 14.9 Å². The predicted molar refractivity (Wildman–Crippen MR) is 70.6 cm³/mol. The number of anilines is 1. The van der Waals surface area contributed by atoms with E-state index in [9.17, 15) is 4.79 Å². The quantitative estimate of drug-likeness (QED) is 0.848. The third-order valence-corrected chi connectivity index (χ3v) is 3.16. The molecule has 1 aromatic rings. The van der Waals surface area contributed by atoms with Crippen LogP contribution in [0.5, 0.6) is 0 Å². The molecule has 0 saturated carbocycles. The molecule has 5 nitrogen and oxygen atoms in total. The molecule has 18 heavy (non-hydrogen) atoms. The number of nitrogens with zero attached hydrogens (tertiary/aromatic N) is 3. The van der Waals surface area contributed by atoms with Gasteiger partial charge >= 0.3 is 0 Å². The number of rotatable bonds is 4. The van der Waals surface area contributed by atoms with Gasteiger partial charge in [0.15, 0.2) is 0 Å². The largest absolute Gasteiger partial charge is 0.369 e. The molecule has 0 spiro atoms. The Morgan fingerprint density at radius 2 is 2.17 bits per heavy atom. The number of amides is 1. The summed E-state index contributed by atoms with van der Waals surface area (Å²) in [7, 11) is 0. The lowest BCUT2D eigenvalue weighted by atomic mass is 10.1. The first-order valence-electron chi connectivity index (χ1n) is 6.26. The van der Waals surface area contributed by atoms with Gasteiger partial charge in [-0.15, -0.1) is 0 Å². The van der Waals surface area contributed by atoms with E-state index in [1.165, 1.54) is 6.42 Å². The Hall–Kier alpha value is -1.36. The van der Waals surface area contributed by atoms with Crippen molar-refractivity contribution in [3.63, 3.8) is 0 Å². The molecule has 1 amide bonds. The Morgan fingerprint density at radius 3 is 2.89 bits per heavy atom. The van der Waals surface area contributed by atoms with Crippen molar-refractivity contribution in [1.29, 1.82) is 0 Å². The molecule has 6 heteroatoms. The fraction of sp³-hybridized carbons (Fsp3) is 0.583. The number of halogens is 1. The number of aromatic nitrogens is 2. The summed E-state index contributed by atoms with van der Waals surface area (Å²) in [5.41, 5.74) is 0. The van der Waals surface area contributed by atoms with Crippen LogP contribution in [0.25, 0.3) is 0 Å². The van der Waals surface area contributed by atoms with Gasteiger partial charge in [-0.25, -0.2) is 9.97 Å². The monoisotopic (exact) mass is 268 g/mol. The zero-order chi connectivity index (χ0) is 12.8. The molecule has 1 fully saturated rings. The highest BCUT2D eigenvalue weighted by Gasteiger charge is 2.15. The Labute approximate surface area is 112 Å². The van der Waals surface area contributed by atoms with Gasteiger partial charge in [-0.1, -0.05) is 0 Å². The molecule has 1 aliphatic heterocycles. The molecule has 2 rings (SSSR count). The van der Waals surface area contributed by atoms with Crippen LogP contribution < -0.4 is 5.32 Å². The molecule has 0 bridgehead atoms. The van der Waals surface area contributed by atoms with Crippen molar-refractivity contribution in [2.24, 2.45) is 0 Å². The Bertz CT molecular complexity index is 407. The Kier molecular flexibility index (Phi) is 4.75. The van der Waals surface area contributed by atoms with E-state index in [0.29, 0.717) is 18.8 Å². The molecule has 0 aliphatic carbocycles. The standard InChI is InChI=1S/C12H17ClN4O/c13-12-15-6-4-10(16-12)14-7-5-11(18)17-8-2-1-3-9-17/h4,6H,1-3,5,7-9H2,(H,14,15,16). The van der Waals surface area contributed by atoms with Crippen LogP contribution in [0.3, 0.4) is 0 Å². The normalized spacial score (nSPS) is 15.5. The first kappa shape index (κ1) is 13.1. The third-order valence-electron chi connectivity index (χ3n) is 2.98. The first-order valence-corrected chi connectivity index (χ1v) is 6.64. The molecule has 0 unspecified atom stereocenters. The van der Waals surface area contributed by atoms with Gasteiger partial charge in [-0.2, -0.15) is 0 Å². The van der Waals surface area contributed by atoms with E-state index >= 15 is 0 Å². The topological polar surface area (TPSA) is 58.1 Å². The average molecular weight is 269 g/mol. The highest BCUT2D eigenvalue weighted by molar-refractivity contribution is 6.28. The van der Waals surface area contributed by atoms with Crippen molar-refractivity contribution in [3.05, 3.63) is 17.5 Å². The second kappa shape index (κ2) is 6.54. The second-order valence-electron chi connectivity index (χ2n) is 4.33. The minimum atomic E-state index is 0.211. The molecule has 1 N–H and O–H groups in total. The highest BCUT2D eigenvalue weighted by Crippen LogP contribution is 2.10. The molecule has 1 saturated heterocycles. The van der Waals surface area contributed by atoms with E-state index in [2.05, 4.69) is 15.3 Å². The number of carbonyl (C=O) groups is 1.